The lowest BCUT2D eigenvalue weighted by Crippen LogP contribution is -2.09. The van der Waals surface area contributed by atoms with Crippen molar-refractivity contribution >= 4 is 23.7 Å². The first-order chi connectivity index (χ1) is 6.26. The SMILES string of the molecule is CCSc1cnc(NC(=O)CC)o1. The summed E-state index contributed by atoms with van der Waals surface area (Å²) >= 11 is 1.55. The number of aromatic nitrogens is 1. The van der Waals surface area contributed by atoms with Gasteiger partial charge in [0.25, 0.3) is 0 Å². The van der Waals surface area contributed by atoms with Gasteiger partial charge in [0.1, 0.15) is 0 Å². The van der Waals surface area contributed by atoms with Gasteiger partial charge in [0.2, 0.25) is 5.91 Å². The van der Waals surface area contributed by atoms with E-state index in [-0.39, 0.29) is 11.9 Å². The first-order valence-electron chi connectivity index (χ1n) is 4.14. The highest BCUT2D eigenvalue weighted by molar-refractivity contribution is 7.99. The van der Waals surface area contributed by atoms with Crippen molar-refractivity contribution in [2.24, 2.45) is 0 Å². The van der Waals surface area contributed by atoms with E-state index in [1.807, 2.05) is 6.92 Å². The average Bonchev–Trinajstić information content (AvgIpc) is 2.53. The van der Waals surface area contributed by atoms with E-state index in [0.29, 0.717) is 6.42 Å². The quantitative estimate of drug-likeness (QED) is 0.756. The summed E-state index contributed by atoms with van der Waals surface area (Å²) in [5.74, 6) is 0.839. The number of hydrogen-bond donors (Lipinski definition) is 1. The first kappa shape index (κ1) is 10.1. The number of thioether (sulfide) groups is 1. The molecule has 0 saturated heterocycles. The van der Waals surface area contributed by atoms with Crippen LogP contribution in [0.1, 0.15) is 20.3 Å². The van der Waals surface area contributed by atoms with E-state index in [0.717, 1.165) is 10.8 Å². The molecule has 1 amide bonds. The van der Waals surface area contributed by atoms with Crippen molar-refractivity contribution in [3.8, 4) is 0 Å². The molecule has 0 radical (unpaired) electrons. The molecule has 0 atom stereocenters. The van der Waals surface area contributed by atoms with Gasteiger partial charge in [-0.1, -0.05) is 25.6 Å². The van der Waals surface area contributed by atoms with E-state index in [2.05, 4.69) is 10.3 Å². The second-order valence-electron chi connectivity index (χ2n) is 2.32. The summed E-state index contributed by atoms with van der Waals surface area (Å²) < 4.78 is 5.22. The van der Waals surface area contributed by atoms with Gasteiger partial charge in [-0.3, -0.25) is 10.1 Å². The van der Waals surface area contributed by atoms with Gasteiger partial charge >= 0.3 is 6.01 Å². The van der Waals surface area contributed by atoms with Crippen LogP contribution in [0.25, 0.3) is 0 Å². The van der Waals surface area contributed by atoms with Gasteiger partial charge < -0.3 is 4.42 Å². The Morgan fingerprint density at radius 1 is 1.69 bits per heavy atom. The maximum atomic E-state index is 10.9. The third-order valence-corrected chi connectivity index (χ3v) is 2.10. The van der Waals surface area contributed by atoms with Crippen LogP contribution in [-0.2, 0) is 4.79 Å². The molecular weight excluding hydrogens is 188 g/mol. The third-order valence-electron chi connectivity index (χ3n) is 1.34. The Balaban J connectivity index is 2.53. The highest BCUT2D eigenvalue weighted by Crippen LogP contribution is 2.20. The van der Waals surface area contributed by atoms with Crippen LogP contribution in [0.3, 0.4) is 0 Å². The lowest BCUT2D eigenvalue weighted by Gasteiger charge is -1.95. The number of rotatable bonds is 4. The number of nitrogens with one attached hydrogen (secondary N) is 1. The van der Waals surface area contributed by atoms with Crippen LogP contribution in [0.4, 0.5) is 6.01 Å². The molecule has 0 aromatic carbocycles. The predicted octanol–water partition coefficient (Wildman–Crippen LogP) is 2.14. The number of amides is 1. The van der Waals surface area contributed by atoms with Gasteiger partial charge in [0, 0.05) is 6.42 Å². The van der Waals surface area contributed by atoms with Crippen molar-refractivity contribution in [1.29, 1.82) is 0 Å². The van der Waals surface area contributed by atoms with Gasteiger partial charge in [-0.05, 0) is 5.75 Å². The Hall–Kier alpha value is -0.970. The molecule has 1 N–H and O–H groups in total. The zero-order valence-electron chi connectivity index (χ0n) is 7.66. The van der Waals surface area contributed by atoms with E-state index in [9.17, 15) is 4.79 Å². The van der Waals surface area contributed by atoms with E-state index in [4.69, 9.17) is 4.42 Å². The molecule has 0 bridgehead atoms. The van der Waals surface area contributed by atoms with Crippen LogP contribution >= 0.6 is 11.8 Å². The van der Waals surface area contributed by atoms with Crippen LogP contribution in [-0.4, -0.2) is 16.6 Å². The third kappa shape index (κ3) is 3.10. The molecule has 1 heterocycles. The Bertz CT molecular complexity index is 285. The summed E-state index contributed by atoms with van der Waals surface area (Å²) in [4.78, 5) is 14.8. The fourth-order valence-corrected chi connectivity index (χ4v) is 1.28. The van der Waals surface area contributed by atoms with Gasteiger partial charge in [-0.25, -0.2) is 4.98 Å². The summed E-state index contributed by atoms with van der Waals surface area (Å²) in [6.45, 7) is 3.80. The van der Waals surface area contributed by atoms with Crippen molar-refractivity contribution in [3.05, 3.63) is 6.20 Å². The van der Waals surface area contributed by atoms with Gasteiger partial charge in [-0.2, -0.15) is 0 Å². The standard InChI is InChI=1S/C8H12N2O2S/c1-3-6(11)10-8-9-5-7(12-8)13-4-2/h5H,3-4H2,1-2H3,(H,9,10,11). The van der Waals surface area contributed by atoms with Gasteiger partial charge in [-0.15, -0.1) is 0 Å². The molecule has 0 saturated carbocycles. The molecule has 0 fully saturated rings. The van der Waals surface area contributed by atoms with Crippen LogP contribution in [0.2, 0.25) is 0 Å². The van der Waals surface area contributed by atoms with Crippen LogP contribution in [0.15, 0.2) is 15.7 Å². The summed E-state index contributed by atoms with van der Waals surface area (Å²) in [5, 5.41) is 3.27. The zero-order chi connectivity index (χ0) is 9.68. The number of nitrogens with zero attached hydrogens (tertiary/aromatic N) is 1. The molecule has 1 aromatic heterocycles. The minimum Gasteiger partial charge on any atom is -0.417 e. The van der Waals surface area contributed by atoms with E-state index in [1.54, 1.807) is 24.9 Å². The number of oxazole rings is 1. The normalized spacial score (nSPS) is 10.0. The average molecular weight is 200 g/mol. The minimum absolute atomic E-state index is 0.0881. The molecular formula is C8H12N2O2S. The molecule has 1 aromatic rings. The fourth-order valence-electron chi connectivity index (χ4n) is 0.734. The van der Waals surface area contributed by atoms with Gasteiger partial charge in [0.05, 0.1) is 6.20 Å². The van der Waals surface area contributed by atoms with E-state index in [1.165, 1.54) is 0 Å². The molecule has 72 valence electrons. The summed E-state index contributed by atoms with van der Waals surface area (Å²) in [7, 11) is 0. The largest absolute Gasteiger partial charge is 0.417 e. The van der Waals surface area contributed by atoms with Crippen LogP contribution in [0, 0.1) is 0 Å². The highest BCUT2D eigenvalue weighted by atomic mass is 32.2. The molecule has 5 heteroatoms. The van der Waals surface area contributed by atoms with E-state index >= 15 is 0 Å². The lowest BCUT2D eigenvalue weighted by atomic mass is 10.5. The topological polar surface area (TPSA) is 55.1 Å². The summed E-state index contributed by atoms with van der Waals surface area (Å²) in [6, 6.07) is 0.280. The van der Waals surface area contributed by atoms with Crippen molar-refractivity contribution < 1.29 is 9.21 Å². The Morgan fingerprint density at radius 3 is 3.08 bits per heavy atom. The highest BCUT2D eigenvalue weighted by Gasteiger charge is 2.05. The van der Waals surface area contributed by atoms with Crippen molar-refractivity contribution in [1.82, 2.24) is 4.98 Å². The van der Waals surface area contributed by atoms with Gasteiger partial charge in [0.15, 0.2) is 5.09 Å². The Morgan fingerprint density at radius 2 is 2.46 bits per heavy atom. The second kappa shape index (κ2) is 4.91. The number of carbonyl (C=O) groups excluding carboxylic acids is 1. The molecule has 0 unspecified atom stereocenters. The zero-order valence-corrected chi connectivity index (χ0v) is 8.48. The van der Waals surface area contributed by atoms with Crippen molar-refractivity contribution in [2.75, 3.05) is 11.1 Å². The van der Waals surface area contributed by atoms with Crippen molar-refractivity contribution in [3.63, 3.8) is 0 Å². The van der Waals surface area contributed by atoms with Crippen molar-refractivity contribution in [2.45, 2.75) is 25.4 Å². The van der Waals surface area contributed by atoms with Crippen LogP contribution < -0.4 is 5.32 Å². The summed E-state index contributed by atoms with van der Waals surface area (Å²) in [6.07, 6.45) is 2.04. The van der Waals surface area contributed by atoms with E-state index < -0.39 is 0 Å². The molecule has 0 aliphatic heterocycles. The second-order valence-corrected chi connectivity index (χ2v) is 3.59. The Labute approximate surface area is 81.1 Å². The maximum Gasteiger partial charge on any atom is 0.302 e. The smallest absolute Gasteiger partial charge is 0.302 e. The molecule has 0 aliphatic carbocycles. The molecule has 0 spiro atoms. The number of anilines is 1. The first-order valence-corrected chi connectivity index (χ1v) is 5.13. The molecule has 0 aliphatic rings. The number of hydrogen-bond acceptors (Lipinski definition) is 4. The molecule has 1 rings (SSSR count). The fraction of sp³-hybridized carbons (Fsp3) is 0.500. The lowest BCUT2D eigenvalue weighted by molar-refractivity contribution is -0.116. The van der Waals surface area contributed by atoms with Crippen LogP contribution in [0.5, 0.6) is 0 Å². The predicted molar refractivity (Wildman–Crippen MR) is 51.8 cm³/mol. The number of carbonyl (C=O) groups is 1. The minimum atomic E-state index is -0.0881. The maximum absolute atomic E-state index is 10.9. The summed E-state index contributed by atoms with van der Waals surface area (Å²) in [5.41, 5.74) is 0. The monoisotopic (exact) mass is 200 g/mol. The molecule has 4 nitrogen and oxygen atoms in total. The Kier molecular flexibility index (Phi) is 3.82. The molecule has 13 heavy (non-hydrogen) atoms.